The Morgan fingerprint density at radius 2 is 1.55 bits per heavy atom. The average molecular weight is 399 g/mol. The van der Waals surface area contributed by atoms with E-state index in [9.17, 15) is 14.0 Å². The van der Waals surface area contributed by atoms with Crippen LogP contribution in [-0.4, -0.2) is 46.7 Å². The van der Waals surface area contributed by atoms with Crippen molar-refractivity contribution >= 4 is 11.9 Å². The van der Waals surface area contributed by atoms with Gasteiger partial charge in [-0.05, 0) is 61.4 Å². The number of carbonyl (C=O) groups is 2. The molecule has 2 aliphatic rings. The fourth-order valence-electron chi connectivity index (χ4n) is 4.25. The molecule has 29 heavy (non-hydrogen) atoms. The number of carbonyl (C=O) groups excluding carboxylic acids is 1. The van der Waals surface area contributed by atoms with Crippen LogP contribution in [0.25, 0.3) is 0 Å². The molecule has 2 heterocycles. The molecule has 7 heteroatoms. The van der Waals surface area contributed by atoms with Gasteiger partial charge in [-0.1, -0.05) is 0 Å². The van der Waals surface area contributed by atoms with Gasteiger partial charge in [0.05, 0.1) is 5.56 Å². The maximum absolute atomic E-state index is 13.1. The number of fused-ring (bicyclic) bond motifs is 2. The standard InChI is InChI=1S/C22H22FNO5/c23-15-3-9-19(10-4-15)29-20-11-16-5-6-17(12-20)24(16)21(25)13-28-18-7-1-14(2-8-18)22(26)27/h1-4,7-10,16-17,20H,5-6,11-13H2,(H,26,27)/t16-,17+,20?. The zero-order valence-corrected chi connectivity index (χ0v) is 15.8. The number of amides is 1. The minimum absolute atomic E-state index is 0.00601. The Morgan fingerprint density at radius 3 is 2.14 bits per heavy atom. The van der Waals surface area contributed by atoms with E-state index in [1.54, 1.807) is 24.3 Å². The second-order valence-corrected chi connectivity index (χ2v) is 7.47. The Morgan fingerprint density at radius 1 is 0.966 bits per heavy atom. The number of carboxylic acids is 1. The molecule has 2 fully saturated rings. The van der Waals surface area contributed by atoms with Gasteiger partial charge in [-0.15, -0.1) is 0 Å². The lowest BCUT2D eigenvalue weighted by Gasteiger charge is -2.38. The molecule has 2 aromatic carbocycles. The van der Waals surface area contributed by atoms with Gasteiger partial charge in [0, 0.05) is 24.9 Å². The van der Waals surface area contributed by atoms with Crippen molar-refractivity contribution in [3.05, 3.63) is 59.9 Å². The third kappa shape index (κ3) is 4.34. The van der Waals surface area contributed by atoms with E-state index in [4.69, 9.17) is 14.6 Å². The fraction of sp³-hybridized carbons (Fsp3) is 0.364. The van der Waals surface area contributed by atoms with Crippen molar-refractivity contribution in [2.75, 3.05) is 6.61 Å². The van der Waals surface area contributed by atoms with Gasteiger partial charge in [0.1, 0.15) is 23.4 Å². The summed E-state index contributed by atoms with van der Waals surface area (Å²) in [5.41, 5.74) is 0.171. The first-order valence-electron chi connectivity index (χ1n) is 9.69. The lowest BCUT2D eigenvalue weighted by Crippen LogP contribution is -2.50. The summed E-state index contributed by atoms with van der Waals surface area (Å²) < 4.78 is 24.6. The Balaban J connectivity index is 1.32. The summed E-state index contributed by atoms with van der Waals surface area (Å²) in [6.45, 7) is -0.0805. The smallest absolute Gasteiger partial charge is 0.335 e. The molecule has 0 spiro atoms. The first-order valence-corrected chi connectivity index (χ1v) is 9.69. The summed E-state index contributed by atoms with van der Waals surface area (Å²) in [6, 6.07) is 12.2. The first kappa shape index (κ1) is 19.2. The van der Waals surface area contributed by atoms with Crippen LogP contribution in [0.5, 0.6) is 11.5 Å². The molecular formula is C22H22FNO5. The summed E-state index contributed by atoms with van der Waals surface area (Å²) in [4.78, 5) is 25.5. The van der Waals surface area contributed by atoms with Crippen LogP contribution in [0.4, 0.5) is 4.39 Å². The largest absolute Gasteiger partial charge is 0.490 e. The van der Waals surface area contributed by atoms with Crippen molar-refractivity contribution in [1.82, 2.24) is 4.90 Å². The van der Waals surface area contributed by atoms with Crippen LogP contribution in [0.2, 0.25) is 0 Å². The molecular weight excluding hydrogens is 377 g/mol. The lowest BCUT2D eigenvalue weighted by molar-refractivity contribution is -0.139. The van der Waals surface area contributed by atoms with Crippen molar-refractivity contribution < 1.29 is 28.6 Å². The number of nitrogens with zero attached hydrogens (tertiary/aromatic N) is 1. The zero-order valence-electron chi connectivity index (χ0n) is 15.8. The number of hydrogen-bond acceptors (Lipinski definition) is 4. The topological polar surface area (TPSA) is 76.1 Å². The van der Waals surface area contributed by atoms with Crippen LogP contribution in [0, 0.1) is 5.82 Å². The van der Waals surface area contributed by atoms with Crippen LogP contribution >= 0.6 is 0 Å². The highest BCUT2D eigenvalue weighted by Crippen LogP contribution is 2.37. The fourth-order valence-corrected chi connectivity index (χ4v) is 4.25. The molecule has 0 aromatic heterocycles. The Kier molecular flexibility index (Phi) is 5.38. The summed E-state index contributed by atoms with van der Waals surface area (Å²) >= 11 is 0. The van der Waals surface area contributed by atoms with Gasteiger partial charge in [-0.25, -0.2) is 9.18 Å². The number of hydrogen-bond donors (Lipinski definition) is 1. The Hall–Kier alpha value is -3.09. The van der Waals surface area contributed by atoms with E-state index >= 15 is 0 Å². The number of piperidine rings is 1. The summed E-state index contributed by atoms with van der Waals surface area (Å²) in [6.07, 6.45) is 3.37. The third-order valence-electron chi connectivity index (χ3n) is 5.56. The van der Waals surface area contributed by atoms with Crippen molar-refractivity contribution in [1.29, 1.82) is 0 Å². The SMILES string of the molecule is O=C(O)c1ccc(OCC(=O)N2[C@@H]3CC[C@H]2CC(Oc2ccc(F)cc2)C3)cc1. The van der Waals surface area contributed by atoms with E-state index in [0.717, 1.165) is 25.7 Å². The van der Waals surface area contributed by atoms with E-state index in [1.807, 2.05) is 4.90 Å². The van der Waals surface area contributed by atoms with Crippen LogP contribution in [0.3, 0.4) is 0 Å². The maximum atomic E-state index is 13.1. The summed E-state index contributed by atoms with van der Waals surface area (Å²) in [5, 5.41) is 8.93. The van der Waals surface area contributed by atoms with Gasteiger partial charge in [-0.2, -0.15) is 0 Å². The van der Waals surface area contributed by atoms with Gasteiger partial charge in [0.15, 0.2) is 6.61 Å². The van der Waals surface area contributed by atoms with Crippen molar-refractivity contribution in [2.45, 2.75) is 43.9 Å². The van der Waals surface area contributed by atoms with Crippen molar-refractivity contribution in [3.63, 3.8) is 0 Å². The second-order valence-electron chi connectivity index (χ2n) is 7.47. The molecule has 152 valence electrons. The van der Waals surface area contributed by atoms with E-state index in [2.05, 4.69) is 0 Å². The van der Waals surface area contributed by atoms with Crippen LogP contribution in [0.1, 0.15) is 36.0 Å². The highest BCUT2D eigenvalue weighted by atomic mass is 19.1. The van der Waals surface area contributed by atoms with Gasteiger partial charge in [0.2, 0.25) is 0 Å². The number of ether oxygens (including phenoxy) is 2. The van der Waals surface area contributed by atoms with E-state index in [0.29, 0.717) is 11.5 Å². The molecule has 2 aliphatic heterocycles. The Labute approximate surface area is 167 Å². The number of benzene rings is 2. The monoisotopic (exact) mass is 399 g/mol. The number of halogens is 1. The minimum atomic E-state index is -1.00. The minimum Gasteiger partial charge on any atom is -0.490 e. The second kappa shape index (κ2) is 8.11. The number of rotatable bonds is 6. The normalized spacial score (nSPS) is 22.9. The van der Waals surface area contributed by atoms with Gasteiger partial charge >= 0.3 is 5.97 Å². The highest BCUT2D eigenvalue weighted by molar-refractivity contribution is 5.87. The molecule has 6 nitrogen and oxygen atoms in total. The molecule has 1 unspecified atom stereocenters. The molecule has 0 aliphatic carbocycles. The molecule has 1 amide bonds. The molecule has 3 atom stereocenters. The maximum Gasteiger partial charge on any atom is 0.335 e. The molecule has 4 rings (SSSR count). The molecule has 2 saturated heterocycles. The first-order chi connectivity index (χ1) is 14.0. The molecule has 0 radical (unpaired) electrons. The molecule has 1 N–H and O–H groups in total. The van der Waals surface area contributed by atoms with Crippen LogP contribution in [-0.2, 0) is 4.79 Å². The van der Waals surface area contributed by atoms with E-state index in [1.165, 1.54) is 24.3 Å². The van der Waals surface area contributed by atoms with E-state index < -0.39 is 5.97 Å². The number of carboxylic acid groups (broad SMARTS) is 1. The van der Waals surface area contributed by atoms with Crippen LogP contribution < -0.4 is 9.47 Å². The van der Waals surface area contributed by atoms with Crippen molar-refractivity contribution in [2.24, 2.45) is 0 Å². The van der Waals surface area contributed by atoms with Crippen molar-refractivity contribution in [3.8, 4) is 11.5 Å². The van der Waals surface area contributed by atoms with E-state index in [-0.39, 0.29) is 42.1 Å². The predicted octanol–water partition coefficient (Wildman–Crippen LogP) is 3.50. The number of aromatic carboxylic acids is 1. The zero-order chi connectivity index (χ0) is 20.4. The predicted molar refractivity (Wildman–Crippen MR) is 103 cm³/mol. The lowest BCUT2D eigenvalue weighted by atomic mass is 9.99. The van der Waals surface area contributed by atoms with Crippen LogP contribution in [0.15, 0.2) is 48.5 Å². The Bertz CT molecular complexity index is 869. The molecule has 2 aromatic rings. The molecule has 0 saturated carbocycles. The quantitative estimate of drug-likeness (QED) is 0.805. The highest BCUT2D eigenvalue weighted by Gasteiger charge is 2.44. The summed E-state index contributed by atoms with van der Waals surface area (Å²) in [5.74, 6) is -0.264. The summed E-state index contributed by atoms with van der Waals surface area (Å²) in [7, 11) is 0. The molecule has 2 bridgehead atoms. The van der Waals surface area contributed by atoms with Gasteiger partial charge in [-0.3, -0.25) is 4.79 Å². The average Bonchev–Trinajstić information content (AvgIpc) is 2.99. The third-order valence-corrected chi connectivity index (χ3v) is 5.56. The van der Waals surface area contributed by atoms with Gasteiger partial charge in [0.25, 0.3) is 5.91 Å². The van der Waals surface area contributed by atoms with Gasteiger partial charge < -0.3 is 19.5 Å².